The van der Waals surface area contributed by atoms with Gasteiger partial charge in [0.05, 0.1) is 13.7 Å². The Bertz CT molecular complexity index is 987. The summed E-state index contributed by atoms with van der Waals surface area (Å²) in [6.45, 7) is 1.60. The minimum Gasteiger partial charge on any atom is -0.495 e. The number of anilines is 1. The summed E-state index contributed by atoms with van der Waals surface area (Å²) < 4.78 is 34.9. The average molecular weight is 495 g/mol. The van der Waals surface area contributed by atoms with Crippen molar-refractivity contribution in [2.45, 2.75) is 50.0 Å². The number of amides is 1. The summed E-state index contributed by atoms with van der Waals surface area (Å²) in [5.41, 5.74) is 1.44. The average Bonchev–Trinajstić information content (AvgIpc) is 2.74. The van der Waals surface area contributed by atoms with Crippen LogP contribution in [-0.2, 0) is 14.8 Å². The number of carbonyl (C=O) groups is 1. The predicted octanol–water partition coefficient (Wildman–Crippen LogP) is 4.73. The van der Waals surface area contributed by atoms with E-state index in [4.69, 9.17) is 4.74 Å². The SMILES string of the molecule is COc1ccc(C)cc1S(=O)(=O)N(CC(=O)Nc1ccc(Br)cc1)C1CCCCC1. The van der Waals surface area contributed by atoms with E-state index in [2.05, 4.69) is 21.2 Å². The Balaban J connectivity index is 1.91. The molecular formula is C22H27BrN2O4S. The van der Waals surface area contributed by atoms with Crippen LogP contribution in [0.1, 0.15) is 37.7 Å². The third kappa shape index (κ3) is 5.42. The third-order valence-corrected chi connectivity index (χ3v) is 7.76. The summed E-state index contributed by atoms with van der Waals surface area (Å²) in [5, 5.41) is 2.81. The number of ether oxygens (including phenoxy) is 1. The number of hydrogen-bond donors (Lipinski definition) is 1. The Morgan fingerprint density at radius 2 is 1.80 bits per heavy atom. The smallest absolute Gasteiger partial charge is 0.247 e. The summed E-state index contributed by atoms with van der Waals surface area (Å²) in [5.74, 6) is -0.0761. The van der Waals surface area contributed by atoms with E-state index in [1.165, 1.54) is 11.4 Å². The minimum absolute atomic E-state index is 0.104. The second-order valence-electron chi connectivity index (χ2n) is 7.55. The number of sulfonamides is 1. The quantitative estimate of drug-likeness (QED) is 0.603. The molecule has 0 atom stereocenters. The van der Waals surface area contributed by atoms with Gasteiger partial charge in [-0.25, -0.2) is 8.42 Å². The van der Waals surface area contributed by atoms with Crippen molar-refractivity contribution in [3.63, 3.8) is 0 Å². The van der Waals surface area contributed by atoms with E-state index in [0.29, 0.717) is 5.69 Å². The second-order valence-corrected chi connectivity index (χ2v) is 10.3. The normalized spacial score (nSPS) is 15.2. The maximum absolute atomic E-state index is 13.7. The fourth-order valence-electron chi connectivity index (χ4n) is 3.77. The van der Waals surface area contributed by atoms with Gasteiger partial charge in [0, 0.05) is 16.2 Å². The Hall–Kier alpha value is -1.90. The Labute approximate surface area is 186 Å². The van der Waals surface area contributed by atoms with Gasteiger partial charge < -0.3 is 10.1 Å². The van der Waals surface area contributed by atoms with E-state index in [1.807, 2.05) is 25.1 Å². The molecule has 0 radical (unpaired) electrons. The van der Waals surface area contributed by atoms with Crippen LogP contribution in [0.5, 0.6) is 5.75 Å². The standard InChI is InChI=1S/C22H27BrN2O4S/c1-16-8-13-20(29-2)21(14-16)30(27,28)25(19-6-4-3-5-7-19)15-22(26)24-18-11-9-17(23)10-12-18/h8-14,19H,3-7,15H2,1-2H3,(H,24,26). The highest BCUT2D eigenvalue weighted by Gasteiger charge is 2.35. The first-order valence-corrected chi connectivity index (χ1v) is 12.3. The summed E-state index contributed by atoms with van der Waals surface area (Å²) in [4.78, 5) is 12.9. The van der Waals surface area contributed by atoms with Crippen molar-refractivity contribution in [3.05, 3.63) is 52.5 Å². The highest BCUT2D eigenvalue weighted by Crippen LogP contribution is 2.32. The van der Waals surface area contributed by atoms with Gasteiger partial charge in [0.2, 0.25) is 15.9 Å². The molecular weight excluding hydrogens is 468 g/mol. The van der Waals surface area contributed by atoms with Crippen LogP contribution in [0.3, 0.4) is 0 Å². The molecule has 0 heterocycles. The first kappa shape index (κ1) is 22.8. The molecule has 30 heavy (non-hydrogen) atoms. The molecule has 2 aromatic carbocycles. The van der Waals surface area contributed by atoms with Gasteiger partial charge in [0.1, 0.15) is 10.6 Å². The molecule has 1 fully saturated rings. The molecule has 0 saturated heterocycles. The molecule has 8 heteroatoms. The molecule has 0 aliphatic heterocycles. The molecule has 0 aromatic heterocycles. The van der Waals surface area contributed by atoms with Crippen molar-refractivity contribution in [2.24, 2.45) is 0 Å². The zero-order valence-electron chi connectivity index (χ0n) is 17.2. The highest BCUT2D eigenvalue weighted by molar-refractivity contribution is 9.10. The summed E-state index contributed by atoms with van der Waals surface area (Å²) >= 11 is 3.36. The van der Waals surface area contributed by atoms with Crippen LogP contribution in [-0.4, -0.2) is 38.3 Å². The predicted molar refractivity (Wildman–Crippen MR) is 121 cm³/mol. The molecule has 3 rings (SSSR count). The lowest BCUT2D eigenvalue weighted by molar-refractivity contribution is -0.116. The molecule has 1 aliphatic rings. The number of aryl methyl sites for hydroxylation is 1. The number of halogens is 1. The zero-order chi connectivity index (χ0) is 21.7. The highest BCUT2D eigenvalue weighted by atomic mass is 79.9. The molecule has 0 spiro atoms. The fraction of sp³-hybridized carbons (Fsp3) is 0.409. The van der Waals surface area contributed by atoms with Gasteiger partial charge >= 0.3 is 0 Å². The Kier molecular flexibility index (Phi) is 7.55. The molecule has 2 aromatic rings. The van der Waals surface area contributed by atoms with Crippen LogP contribution in [0.4, 0.5) is 5.69 Å². The molecule has 0 unspecified atom stereocenters. The van der Waals surface area contributed by atoms with E-state index in [-0.39, 0.29) is 29.1 Å². The van der Waals surface area contributed by atoms with Crippen LogP contribution >= 0.6 is 15.9 Å². The summed E-state index contributed by atoms with van der Waals surface area (Å²) in [6.07, 6.45) is 4.49. The van der Waals surface area contributed by atoms with Gasteiger partial charge in [-0.3, -0.25) is 4.79 Å². The largest absolute Gasteiger partial charge is 0.495 e. The van der Waals surface area contributed by atoms with Crippen molar-refractivity contribution in [1.82, 2.24) is 4.31 Å². The van der Waals surface area contributed by atoms with Gasteiger partial charge in [-0.2, -0.15) is 4.31 Å². The van der Waals surface area contributed by atoms with Gasteiger partial charge in [0.25, 0.3) is 0 Å². The number of nitrogens with zero attached hydrogens (tertiary/aromatic N) is 1. The van der Waals surface area contributed by atoms with E-state index in [9.17, 15) is 13.2 Å². The molecule has 6 nitrogen and oxygen atoms in total. The number of methoxy groups -OCH3 is 1. The molecule has 0 bridgehead atoms. The van der Waals surface area contributed by atoms with Crippen molar-refractivity contribution in [2.75, 3.05) is 19.0 Å². The lowest BCUT2D eigenvalue weighted by atomic mass is 9.95. The van der Waals surface area contributed by atoms with Crippen molar-refractivity contribution < 1.29 is 17.9 Å². The molecule has 1 aliphatic carbocycles. The van der Waals surface area contributed by atoms with E-state index >= 15 is 0 Å². The molecule has 1 saturated carbocycles. The van der Waals surface area contributed by atoms with Gasteiger partial charge in [-0.1, -0.05) is 41.3 Å². The number of carbonyl (C=O) groups excluding carboxylic acids is 1. The number of benzene rings is 2. The van der Waals surface area contributed by atoms with Gasteiger partial charge in [-0.05, 0) is 61.7 Å². The van der Waals surface area contributed by atoms with Crippen molar-refractivity contribution in [3.8, 4) is 5.75 Å². The Morgan fingerprint density at radius 1 is 1.13 bits per heavy atom. The van der Waals surface area contributed by atoms with Crippen LogP contribution in [0.2, 0.25) is 0 Å². The van der Waals surface area contributed by atoms with Gasteiger partial charge in [0.15, 0.2) is 0 Å². The van der Waals surface area contributed by atoms with E-state index in [1.54, 1.807) is 24.3 Å². The lowest BCUT2D eigenvalue weighted by Crippen LogP contribution is -2.45. The third-order valence-electron chi connectivity index (χ3n) is 5.32. The summed E-state index contributed by atoms with van der Waals surface area (Å²) in [6, 6.07) is 12.1. The van der Waals surface area contributed by atoms with E-state index < -0.39 is 10.0 Å². The maximum Gasteiger partial charge on any atom is 0.247 e. The molecule has 1 amide bonds. The number of hydrogen-bond acceptors (Lipinski definition) is 4. The van der Waals surface area contributed by atoms with Crippen molar-refractivity contribution in [1.29, 1.82) is 0 Å². The molecule has 162 valence electrons. The maximum atomic E-state index is 13.7. The first-order chi connectivity index (χ1) is 14.3. The number of rotatable bonds is 7. The summed E-state index contributed by atoms with van der Waals surface area (Å²) in [7, 11) is -2.47. The fourth-order valence-corrected chi connectivity index (χ4v) is 5.91. The van der Waals surface area contributed by atoms with E-state index in [0.717, 1.165) is 42.1 Å². The van der Waals surface area contributed by atoms with Crippen LogP contribution in [0.15, 0.2) is 51.8 Å². The Morgan fingerprint density at radius 3 is 2.43 bits per heavy atom. The lowest BCUT2D eigenvalue weighted by Gasteiger charge is -2.33. The minimum atomic E-state index is -3.92. The first-order valence-electron chi connectivity index (χ1n) is 10.0. The second kappa shape index (κ2) is 9.94. The van der Waals surface area contributed by atoms with Crippen molar-refractivity contribution >= 4 is 37.5 Å². The van der Waals surface area contributed by atoms with Crippen LogP contribution in [0.25, 0.3) is 0 Å². The van der Waals surface area contributed by atoms with Gasteiger partial charge in [-0.15, -0.1) is 0 Å². The van der Waals surface area contributed by atoms with Crippen LogP contribution in [0, 0.1) is 6.92 Å². The zero-order valence-corrected chi connectivity index (χ0v) is 19.6. The monoisotopic (exact) mass is 494 g/mol. The number of nitrogens with one attached hydrogen (secondary N) is 1. The van der Waals surface area contributed by atoms with Crippen LogP contribution < -0.4 is 10.1 Å². The molecule has 1 N–H and O–H groups in total. The topological polar surface area (TPSA) is 75.7 Å².